The fourth-order valence-corrected chi connectivity index (χ4v) is 1.83. The maximum atomic E-state index is 11.7. The van der Waals surface area contributed by atoms with E-state index in [9.17, 15) is 4.79 Å². The topological polar surface area (TPSA) is 44.7 Å². The smallest absolute Gasteiger partial charge is 0.257 e. The minimum atomic E-state index is -0.0808. The van der Waals surface area contributed by atoms with Gasteiger partial charge in [-0.1, -0.05) is 12.1 Å². The predicted octanol–water partition coefficient (Wildman–Crippen LogP) is 1.12. The molecule has 0 saturated heterocycles. The average Bonchev–Trinajstić information content (AvgIpc) is 2.69. The van der Waals surface area contributed by atoms with E-state index in [0.29, 0.717) is 5.56 Å². The molecule has 0 unspecified atom stereocenters. The van der Waals surface area contributed by atoms with Gasteiger partial charge in [-0.25, -0.2) is 4.99 Å². The Balaban J connectivity index is 2.20. The summed E-state index contributed by atoms with van der Waals surface area (Å²) in [5.74, 6) is 0.705. The van der Waals surface area contributed by atoms with E-state index in [1.807, 2.05) is 35.4 Å². The van der Waals surface area contributed by atoms with Gasteiger partial charge in [0.05, 0.1) is 17.8 Å². The van der Waals surface area contributed by atoms with Crippen molar-refractivity contribution in [3.05, 3.63) is 41.8 Å². The Kier molecular flexibility index (Phi) is 1.62. The number of benzene rings is 1. The van der Waals surface area contributed by atoms with E-state index in [-0.39, 0.29) is 5.91 Å². The first-order chi connectivity index (χ1) is 7.36. The Morgan fingerprint density at radius 1 is 1.33 bits per heavy atom. The highest BCUT2D eigenvalue weighted by molar-refractivity contribution is 6.02. The average molecular weight is 199 g/mol. The molecule has 1 N–H and O–H groups in total. The molecule has 1 aromatic rings. The summed E-state index contributed by atoms with van der Waals surface area (Å²) in [6.45, 7) is 0.720. The van der Waals surface area contributed by atoms with Crippen molar-refractivity contribution in [3.8, 4) is 0 Å². The summed E-state index contributed by atoms with van der Waals surface area (Å²) in [6, 6.07) is 7.54. The van der Waals surface area contributed by atoms with Crippen molar-refractivity contribution >= 4 is 17.8 Å². The second-order valence-corrected chi connectivity index (χ2v) is 3.42. The van der Waals surface area contributed by atoms with Crippen LogP contribution in [0.1, 0.15) is 10.4 Å². The number of carbonyl (C=O) groups is 1. The Bertz CT molecular complexity index is 490. The van der Waals surface area contributed by atoms with E-state index in [1.165, 1.54) is 0 Å². The van der Waals surface area contributed by atoms with E-state index < -0.39 is 0 Å². The van der Waals surface area contributed by atoms with Crippen LogP contribution in [0.3, 0.4) is 0 Å². The van der Waals surface area contributed by atoms with Crippen LogP contribution in [0.2, 0.25) is 0 Å². The summed E-state index contributed by atoms with van der Waals surface area (Å²) in [7, 11) is 0. The van der Waals surface area contributed by atoms with Crippen LogP contribution in [-0.4, -0.2) is 18.7 Å². The molecule has 0 spiro atoms. The number of para-hydroxylation sites is 1. The number of nitrogens with zero attached hydrogens (tertiary/aromatic N) is 2. The lowest BCUT2D eigenvalue weighted by atomic mass is 10.1. The first-order valence-corrected chi connectivity index (χ1v) is 4.76. The van der Waals surface area contributed by atoms with E-state index in [0.717, 1.165) is 18.1 Å². The summed E-state index contributed by atoms with van der Waals surface area (Å²) < 4.78 is 0. The molecule has 2 heterocycles. The highest BCUT2D eigenvalue weighted by Crippen LogP contribution is 2.27. The maximum Gasteiger partial charge on any atom is 0.257 e. The third-order valence-corrected chi connectivity index (χ3v) is 2.54. The van der Waals surface area contributed by atoms with Crippen molar-refractivity contribution in [2.75, 3.05) is 11.4 Å². The third kappa shape index (κ3) is 1.15. The number of hydrogen-bond acceptors (Lipinski definition) is 3. The lowest BCUT2D eigenvalue weighted by molar-refractivity contribution is 0.0971. The van der Waals surface area contributed by atoms with Gasteiger partial charge in [0.25, 0.3) is 5.91 Å². The normalized spacial score (nSPS) is 17.7. The molecule has 0 bridgehead atoms. The Morgan fingerprint density at radius 2 is 2.20 bits per heavy atom. The summed E-state index contributed by atoms with van der Waals surface area (Å²) in [5, 5.41) is 2.72. The zero-order valence-electron chi connectivity index (χ0n) is 7.97. The van der Waals surface area contributed by atoms with Crippen LogP contribution in [0.25, 0.3) is 0 Å². The number of anilines is 1. The molecule has 74 valence electrons. The van der Waals surface area contributed by atoms with Gasteiger partial charge in [-0.2, -0.15) is 0 Å². The molecular weight excluding hydrogens is 190 g/mol. The van der Waals surface area contributed by atoms with Gasteiger partial charge in [0.2, 0.25) is 0 Å². The van der Waals surface area contributed by atoms with Crippen molar-refractivity contribution in [2.24, 2.45) is 4.99 Å². The summed E-state index contributed by atoms with van der Waals surface area (Å²) in [4.78, 5) is 17.9. The molecule has 0 atom stereocenters. The van der Waals surface area contributed by atoms with Gasteiger partial charge in [-0.15, -0.1) is 0 Å². The number of carbonyl (C=O) groups excluding carboxylic acids is 1. The molecule has 0 aliphatic carbocycles. The van der Waals surface area contributed by atoms with Gasteiger partial charge >= 0.3 is 0 Å². The molecule has 1 amide bonds. The number of aliphatic imine (C=N–C) groups is 1. The molecule has 2 aliphatic rings. The second-order valence-electron chi connectivity index (χ2n) is 3.42. The van der Waals surface area contributed by atoms with E-state index in [4.69, 9.17) is 0 Å². The van der Waals surface area contributed by atoms with Crippen molar-refractivity contribution in [1.82, 2.24) is 5.32 Å². The number of fused-ring (bicyclic) bond motifs is 3. The largest absolute Gasteiger partial charge is 0.325 e. The molecule has 4 heteroatoms. The van der Waals surface area contributed by atoms with Crippen molar-refractivity contribution in [3.63, 3.8) is 0 Å². The minimum absolute atomic E-state index is 0.0808. The molecule has 1 aromatic carbocycles. The van der Waals surface area contributed by atoms with Crippen LogP contribution in [0.15, 0.2) is 41.3 Å². The van der Waals surface area contributed by atoms with E-state index in [1.54, 1.807) is 6.20 Å². The minimum Gasteiger partial charge on any atom is -0.325 e. The van der Waals surface area contributed by atoms with Crippen molar-refractivity contribution < 1.29 is 4.79 Å². The second kappa shape index (κ2) is 2.95. The predicted molar refractivity (Wildman–Crippen MR) is 57.8 cm³/mol. The van der Waals surface area contributed by atoms with Crippen LogP contribution in [0, 0.1) is 0 Å². The first kappa shape index (κ1) is 8.23. The Hall–Kier alpha value is -2.10. The van der Waals surface area contributed by atoms with Crippen LogP contribution >= 0.6 is 0 Å². The zero-order valence-corrected chi connectivity index (χ0v) is 7.97. The molecule has 3 rings (SSSR count). The number of rotatable bonds is 0. The summed E-state index contributed by atoms with van der Waals surface area (Å²) >= 11 is 0. The van der Waals surface area contributed by atoms with Crippen LogP contribution in [-0.2, 0) is 0 Å². The molecule has 2 aliphatic heterocycles. The molecule has 15 heavy (non-hydrogen) atoms. The van der Waals surface area contributed by atoms with Gasteiger partial charge in [-0.3, -0.25) is 4.79 Å². The molecule has 0 fully saturated rings. The van der Waals surface area contributed by atoms with Gasteiger partial charge in [0.1, 0.15) is 5.82 Å². The Morgan fingerprint density at radius 3 is 3.13 bits per heavy atom. The summed E-state index contributed by atoms with van der Waals surface area (Å²) in [5.41, 5.74) is 1.60. The monoisotopic (exact) mass is 199 g/mol. The van der Waals surface area contributed by atoms with Crippen LogP contribution in [0.4, 0.5) is 5.69 Å². The molecular formula is C11H9N3O. The van der Waals surface area contributed by atoms with E-state index >= 15 is 0 Å². The number of hydrogen-bond donors (Lipinski definition) is 1. The first-order valence-electron chi connectivity index (χ1n) is 4.76. The standard InChI is InChI=1S/C11H9N3O/c15-11-8-3-1-2-4-9(8)14-6-5-12-10(14)7-13-11/h1-5,7H,6H2,(H,13,15). The van der Waals surface area contributed by atoms with Gasteiger partial charge in [0.15, 0.2) is 0 Å². The van der Waals surface area contributed by atoms with Crippen molar-refractivity contribution in [1.29, 1.82) is 0 Å². The molecule has 4 nitrogen and oxygen atoms in total. The van der Waals surface area contributed by atoms with Gasteiger partial charge in [0, 0.05) is 12.4 Å². The summed E-state index contributed by atoms with van der Waals surface area (Å²) in [6.07, 6.45) is 3.48. The van der Waals surface area contributed by atoms with Gasteiger partial charge in [-0.05, 0) is 12.1 Å². The zero-order chi connectivity index (χ0) is 10.3. The third-order valence-electron chi connectivity index (χ3n) is 2.54. The number of amides is 1. The lowest BCUT2D eigenvalue weighted by Crippen LogP contribution is -2.19. The molecule has 0 radical (unpaired) electrons. The lowest BCUT2D eigenvalue weighted by Gasteiger charge is -2.18. The van der Waals surface area contributed by atoms with Gasteiger partial charge < -0.3 is 10.2 Å². The molecule has 0 saturated carbocycles. The van der Waals surface area contributed by atoms with Crippen LogP contribution < -0.4 is 10.2 Å². The quantitative estimate of drug-likeness (QED) is 0.680. The maximum absolute atomic E-state index is 11.7. The van der Waals surface area contributed by atoms with E-state index in [2.05, 4.69) is 10.3 Å². The SMILES string of the molecule is O=C1NC=C2N=CCN2c2ccccc21. The highest BCUT2D eigenvalue weighted by Gasteiger charge is 2.23. The molecule has 0 aromatic heterocycles. The highest BCUT2D eigenvalue weighted by atomic mass is 16.1. The number of nitrogens with one attached hydrogen (secondary N) is 1. The fourth-order valence-electron chi connectivity index (χ4n) is 1.83. The van der Waals surface area contributed by atoms with Crippen LogP contribution in [0.5, 0.6) is 0 Å². The Labute approximate surface area is 86.9 Å². The fraction of sp³-hybridized carbons (Fsp3) is 0.0909. The van der Waals surface area contributed by atoms with Crippen molar-refractivity contribution in [2.45, 2.75) is 0 Å².